The van der Waals surface area contributed by atoms with E-state index >= 15 is 0 Å². The fourth-order valence-corrected chi connectivity index (χ4v) is 4.45. The van der Waals surface area contributed by atoms with Crippen molar-refractivity contribution in [2.24, 2.45) is 0 Å². The molecule has 7 heteroatoms. The third-order valence-corrected chi connectivity index (χ3v) is 6.57. The molecule has 0 heterocycles. The minimum Gasteiger partial charge on any atom is -0.353 e. The molecule has 2 aromatic rings. The molecule has 28 heavy (non-hydrogen) atoms. The number of nitrogens with zero attached hydrogens (tertiary/aromatic N) is 1. The topological polar surface area (TPSA) is 66.5 Å². The van der Waals surface area contributed by atoms with Crippen molar-refractivity contribution >= 4 is 27.5 Å². The molecule has 1 atom stereocenters. The second-order valence-electron chi connectivity index (χ2n) is 6.91. The highest BCUT2D eigenvalue weighted by molar-refractivity contribution is 7.89. The molecule has 0 unspecified atom stereocenters. The summed E-state index contributed by atoms with van der Waals surface area (Å²) >= 11 is 5.89. The van der Waals surface area contributed by atoms with Crippen LogP contribution in [0.3, 0.4) is 0 Å². The van der Waals surface area contributed by atoms with E-state index in [1.165, 1.54) is 28.6 Å². The maximum absolute atomic E-state index is 13.2. The van der Waals surface area contributed by atoms with Crippen LogP contribution < -0.4 is 5.32 Å². The maximum Gasteiger partial charge on any atom is 0.243 e. The minimum atomic E-state index is -3.86. The smallest absolute Gasteiger partial charge is 0.243 e. The lowest BCUT2D eigenvalue weighted by atomic mass is 10.1. The van der Waals surface area contributed by atoms with Gasteiger partial charge in [-0.2, -0.15) is 4.31 Å². The van der Waals surface area contributed by atoms with E-state index in [9.17, 15) is 13.2 Å². The predicted molar refractivity (Wildman–Crippen MR) is 113 cm³/mol. The normalized spacial score (nSPS) is 12.8. The van der Waals surface area contributed by atoms with Crippen LogP contribution in [0.4, 0.5) is 0 Å². The summed E-state index contributed by atoms with van der Waals surface area (Å²) in [6.07, 6.45) is 1.78. The van der Waals surface area contributed by atoms with Gasteiger partial charge in [0.2, 0.25) is 15.9 Å². The van der Waals surface area contributed by atoms with Gasteiger partial charge in [0.15, 0.2) is 0 Å². The molecule has 0 fully saturated rings. The van der Waals surface area contributed by atoms with Crippen molar-refractivity contribution in [3.05, 3.63) is 64.7 Å². The van der Waals surface area contributed by atoms with Gasteiger partial charge in [0.05, 0.1) is 11.4 Å². The van der Waals surface area contributed by atoms with Gasteiger partial charge >= 0.3 is 0 Å². The SMILES string of the molecule is CCC[C@H](C)NC(=O)CN(Cc1ccccc1C)S(=O)(=O)c1ccc(Cl)cc1. The Hall–Kier alpha value is -1.89. The Balaban J connectivity index is 2.31. The molecule has 2 rings (SSSR count). The highest BCUT2D eigenvalue weighted by Gasteiger charge is 2.27. The van der Waals surface area contributed by atoms with E-state index in [0.29, 0.717) is 5.02 Å². The van der Waals surface area contributed by atoms with Crippen molar-refractivity contribution in [2.75, 3.05) is 6.54 Å². The van der Waals surface area contributed by atoms with Gasteiger partial charge in [-0.25, -0.2) is 8.42 Å². The molecule has 1 amide bonds. The lowest BCUT2D eigenvalue weighted by Crippen LogP contribution is -2.43. The van der Waals surface area contributed by atoms with E-state index in [0.717, 1.165) is 24.0 Å². The van der Waals surface area contributed by atoms with Crippen molar-refractivity contribution in [3.8, 4) is 0 Å². The first kappa shape index (κ1) is 22.4. The average molecular weight is 423 g/mol. The summed E-state index contributed by atoms with van der Waals surface area (Å²) < 4.78 is 27.6. The first-order valence-electron chi connectivity index (χ1n) is 9.33. The van der Waals surface area contributed by atoms with Crippen LogP contribution in [0.15, 0.2) is 53.4 Å². The zero-order valence-corrected chi connectivity index (χ0v) is 18.1. The summed E-state index contributed by atoms with van der Waals surface area (Å²) in [7, 11) is -3.86. The van der Waals surface area contributed by atoms with Gasteiger partial charge < -0.3 is 5.32 Å². The van der Waals surface area contributed by atoms with E-state index in [-0.39, 0.29) is 29.9 Å². The summed E-state index contributed by atoms with van der Waals surface area (Å²) in [6.45, 7) is 5.76. The molecule has 0 saturated carbocycles. The molecule has 0 aliphatic heterocycles. The number of nitrogens with one attached hydrogen (secondary N) is 1. The molecular weight excluding hydrogens is 396 g/mol. The molecule has 2 aromatic carbocycles. The molecular formula is C21H27ClN2O3S. The van der Waals surface area contributed by atoms with Gasteiger partial charge in [-0.05, 0) is 55.7 Å². The zero-order chi connectivity index (χ0) is 20.7. The Bertz CT molecular complexity index is 898. The number of rotatable bonds is 9. The van der Waals surface area contributed by atoms with Gasteiger partial charge in [-0.3, -0.25) is 4.79 Å². The van der Waals surface area contributed by atoms with E-state index < -0.39 is 10.0 Å². The molecule has 0 aliphatic carbocycles. The Morgan fingerprint density at radius 3 is 2.39 bits per heavy atom. The first-order valence-corrected chi connectivity index (χ1v) is 11.2. The second kappa shape index (κ2) is 10.0. The van der Waals surface area contributed by atoms with Crippen LogP contribution in [0.25, 0.3) is 0 Å². The number of hydrogen-bond donors (Lipinski definition) is 1. The number of carbonyl (C=O) groups excluding carboxylic acids is 1. The summed E-state index contributed by atoms with van der Waals surface area (Å²) in [6, 6.07) is 13.5. The Labute approximate surface area is 172 Å². The fraction of sp³-hybridized carbons (Fsp3) is 0.381. The third kappa shape index (κ3) is 6.06. The average Bonchev–Trinajstić information content (AvgIpc) is 2.63. The van der Waals surface area contributed by atoms with Gasteiger partial charge in [0.1, 0.15) is 0 Å². The van der Waals surface area contributed by atoms with Crippen molar-refractivity contribution in [2.45, 2.75) is 51.1 Å². The summed E-state index contributed by atoms with van der Waals surface area (Å²) in [4.78, 5) is 12.6. The summed E-state index contributed by atoms with van der Waals surface area (Å²) in [5.41, 5.74) is 1.83. The zero-order valence-electron chi connectivity index (χ0n) is 16.5. The number of benzene rings is 2. The molecule has 0 spiro atoms. The van der Waals surface area contributed by atoms with Crippen molar-refractivity contribution in [1.82, 2.24) is 9.62 Å². The van der Waals surface area contributed by atoms with E-state index in [2.05, 4.69) is 5.32 Å². The summed E-state index contributed by atoms with van der Waals surface area (Å²) in [5.74, 6) is -0.313. The Kier molecular flexibility index (Phi) is 8.04. The van der Waals surface area contributed by atoms with Gasteiger partial charge in [0.25, 0.3) is 0 Å². The molecule has 0 radical (unpaired) electrons. The van der Waals surface area contributed by atoms with E-state index in [1.54, 1.807) is 0 Å². The van der Waals surface area contributed by atoms with Gasteiger partial charge in [-0.15, -0.1) is 0 Å². The molecule has 1 N–H and O–H groups in total. The number of hydrogen-bond acceptors (Lipinski definition) is 3. The van der Waals surface area contributed by atoms with Crippen molar-refractivity contribution < 1.29 is 13.2 Å². The number of amides is 1. The number of aryl methyl sites for hydroxylation is 1. The fourth-order valence-electron chi connectivity index (χ4n) is 2.94. The first-order chi connectivity index (χ1) is 13.2. The molecule has 5 nitrogen and oxygen atoms in total. The lowest BCUT2D eigenvalue weighted by Gasteiger charge is -2.24. The highest BCUT2D eigenvalue weighted by Crippen LogP contribution is 2.21. The monoisotopic (exact) mass is 422 g/mol. The minimum absolute atomic E-state index is 0.00366. The highest BCUT2D eigenvalue weighted by atomic mass is 35.5. The van der Waals surface area contributed by atoms with E-state index in [4.69, 9.17) is 11.6 Å². The van der Waals surface area contributed by atoms with Crippen LogP contribution in [0.5, 0.6) is 0 Å². The molecule has 0 bridgehead atoms. The third-order valence-electron chi connectivity index (χ3n) is 4.51. The quantitative estimate of drug-likeness (QED) is 0.660. The summed E-state index contributed by atoms with van der Waals surface area (Å²) in [5, 5.41) is 3.33. The van der Waals surface area contributed by atoms with Crippen LogP contribution in [0.2, 0.25) is 5.02 Å². The van der Waals surface area contributed by atoms with Crippen LogP contribution in [0, 0.1) is 6.92 Å². The molecule has 0 aliphatic rings. The Morgan fingerprint density at radius 1 is 1.14 bits per heavy atom. The molecule has 0 saturated heterocycles. The standard InChI is InChI=1S/C21H27ClN2O3S/c1-4-7-17(3)23-21(25)15-24(14-18-9-6-5-8-16(18)2)28(26,27)20-12-10-19(22)11-13-20/h5-6,8-13,17H,4,7,14-15H2,1-3H3,(H,23,25)/t17-/m0/s1. The lowest BCUT2D eigenvalue weighted by molar-refractivity contribution is -0.122. The Morgan fingerprint density at radius 2 is 1.79 bits per heavy atom. The van der Waals surface area contributed by atoms with Crippen LogP contribution in [-0.2, 0) is 21.4 Å². The van der Waals surface area contributed by atoms with Crippen LogP contribution in [0.1, 0.15) is 37.8 Å². The maximum atomic E-state index is 13.2. The van der Waals surface area contributed by atoms with Crippen molar-refractivity contribution in [3.63, 3.8) is 0 Å². The number of sulfonamides is 1. The van der Waals surface area contributed by atoms with Crippen molar-refractivity contribution in [1.29, 1.82) is 0 Å². The number of halogens is 1. The van der Waals surface area contributed by atoms with Crippen LogP contribution in [-0.4, -0.2) is 31.2 Å². The largest absolute Gasteiger partial charge is 0.353 e. The predicted octanol–water partition coefficient (Wildman–Crippen LogP) is 4.14. The van der Waals surface area contributed by atoms with Gasteiger partial charge in [0, 0.05) is 17.6 Å². The molecule has 0 aromatic heterocycles. The number of carbonyl (C=O) groups is 1. The molecule has 152 valence electrons. The van der Waals surface area contributed by atoms with Crippen LogP contribution >= 0.6 is 11.6 Å². The van der Waals surface area contributed by atoms with E-state index in [1.807, 2.05) is 45.0 Å². The van der Waals surface area contributed by atoms with Gasteiger partial charge in [-0.1, -0.05) is 49.2 Å². The second-order valence-corrected chi connectivity index (χ2v) is 9.29.